The largest absolute Gasteiger partial charge is 0.497 e. The fourth-order valence-electron chi connectivity index (χ4n) is 1.70. The van der Waals surface area contributed by atoms with E-state index in [1.165, 1.54) is 19.2 Å². The van der Waals surface area contributed by atoms with E-state index >= 15 is 0 Å². The van der Waals surface area contributed by atoms with Gasteiger partial charge in [-0.15, -0.1) is 0 Å². The molecule has 0 atom stereocenters. The first-order valence-electron chi connectivity index (χ1n) is 6.55. The van der Waals surface area contributed by atoms with Crippen molar-refractivity contribution in [3.63, 3.8) is 0 Å². The van der Waals surface area contributed by atoms with Gasteiger partial charge < -0.3 is 25.4 Å². The zero-order valence-corrected chi connectivity index (χ0v) is 12.5. The van der Waals surface area contributed by atoms with Crippen molar-refractivity contribution in [2.75, 3.05) is 39.6 Å². The van der Waals surface area contributed by atoms with Gasteiger partial charge in [-0.05, 0) is 45.3 Å². The first-order valence-corrected chi connectivity index (χ1v) is 6.55. The Balaban J connectivity index is 2.61. The number of anilines is 1. The van der Waals surface area contributed by atoms with Gasteiger partial charge in [0.25, 0.3) is 0 Å². The number of urea groups is 1. The third-order valence-electron chi connectivity index (χ3n) is 2.77. The van der Waals surface area contributed by atoms with Gasteiger partial charge in [0.15, 0.2) is 0 Å². The Morgan fingerprint density at radius 3 is 2.62 bits per heavy atom. The number of carboxylic acids is 1. The van der Waals surface area contributed by atoms with E-state index in [0.717, 1.165) is 13.0 Å². The average Bonchev–Trinajstić information content (AvgIpc) is 2.43. The van der Waals surface area contributed by atoms with Crippen LogP contribution in [0, 0.1) is 0 Å². The number of amides is 2. The highest BCUT2D eigenvalue weighted by atomic mass is 16.5. The summed E-state index contributed by atoms with van der Waals surface area (Å²) < 4.78 is 4.97. The third kappa shape index (κ3) is 5.70. The smallest absolute Gasteiger partial charge is 0.337 e. The van der Waals surface area contributed by atoms with E-state index in [1.54, 1.807) is 6.07 Å². The summed E-state index contributed by atoms with van der Waals surface area (Å²) in [7, 11) is 5.36. The Morgan fingerprint density at radius 2 is 2.05 bits per heavy atom. The molecular formula is C14H21N3O4. The molecule has 0 aliphatic heterocycles. The highest BCUT2D eigenvalue weighted by molar-refractivity contribution is 6.00. The standard InChI is InChI=1S/C14H21N3O4/c1-17(2)8-4-7-15-14(20)16-12-6-5-10(21-3)9-11(12)13(18)19/h5-6,9H,4,7-8H2,1-3H3,(H,18,19)(H2,15,16,20). The number of hydrogen-bond donors (Lipinski definition) is 3. The van der Waals surface area contributed by atoms with Gasteiger partial charge in [0.2, 0.25) is 0 Å². The number of nitrogens with one attached hydrogen (secondary N) is 2. The lowest BCUT2D eigenvalue weighted by atomic mass is 10.1. The molecule has 1 aromatic carbocycles. The van der Waals surface area contributed by atoms with E-state index in [1.807, 2.05) is 19.0 Å². The van der Waals surface area contributed by atoms with Crippen LogP contribution in [0.5, 0.6) is 5.75 Å². The number of hydrogen-bond acceptors (Lipinski definition) is 4. The molecule has 1 aromatic rings. The van der Waals surface area contributed by atoms with Crippen molar-refractivity contribution in [3.05, 3.63) is 23.8 Å². The lowest BCUT2D eigenvalue weighted by Crippen LogP contribution is -2.31. The van der Waals surface area contributed by atoms with Crippen molar-refractivity contribution in [1.82, 2.24) is 10.2 Å². The van der Waals surface area contributed by atoms with Crippen LogP contribution in [0.3, 0.4) is 0 Å². The fraction of sp³-hybridized carbons (Fsp3) is 0.429. The molecule has 0 bridgehead atoms. The molecule has 21 heavy (non-hydrogen) atoms. The maximum absolute atomic E-state index is 11.7. The lowest BCUT2D eigenvalue weighted by Gasteiger charge is -2.12. The predicted octanol–water partition coefficient (Wildman–Crippen LogP) is 1.47. The number of benzene rings is 1. The molecule has 7 heteroatoms. The monoisotopic (exact) mass is 295 g/mol. The minimum absolute atomic E-state index is 0.0159. The molecular weight excluding hydrogens is 274 g/mol. The van der Waals surface area contributed by atoms with Crippen LogP contribution in [-0.4, -0.2) is 56.3 Å². The highest BCUT2D eigenvalue weighted by Crippen LogP contribution is 2.22. The molecule has 2 amide bonds. The van der Waals surface area contributed by atoms with Crippen LogP contribution >= 0.6 is 0 Å². The van der Waals surface area contributed by atoms with Gasteiger partial charge in [-0.3, -0.25) is 0 Å². The molecule has 0 heterocycles. The van der Waals surface area contributed by atoms with Gasteiger partial charge >= 0.3 is 12.0 Å². The van der Waals surface area contributed by atoms with Crippen LogP contribution in [0.4, 0.5) is 10.5 Å². The van der Waals surface area contributed by atoms with Crippen LogP contribution in [0.25, 0.3) is 0 Å². The minimum Gasteiger partial charge on any atom is -0.497 e. The number of methoxy groups -OCH3 is 1. The van der Waals surface area contributed by atoms with Crippen molar-refractivity contribution < 1.29 is 19.4 Å². The summed E-state index contributed by atoms with van der Waals surface area (Å²) in [4.78, 5) is 24.9. The maximum atomic E-state index is 11.7. The topological polar surface area (TPSA) is 90.9 Å². The van der Waals surface area contributed by atoms with Crippen LogP contribution in [-0.2, 0) is 0 Å². The van der Waals surface area contributed by atoms with Gasteiger partial charge in [-0.2, -0.15) is 0 Å². The highest BCUT2D eigenvalue weighted by Gasteiger charge is 2.13. The Labute approximate surface area is 123 Å². The number of nitrogens with zero attached hydrogens (tertiary/aromatic N) is 1. The number of rotatable bonds is 7. The van der Waals surface area contributed by atoms with E-state index in [-0.39, 0.29) is 11.3 Å². The first kappa shape index (κ1) is 16.8. The average molecular weight is 295 g/mol. The van der Waals surface area contributed by atoms with Gasteiger partial charge in [0.05, 0.1) is 18.4 Å². The number of ether oxygens (including phenoxy) is 1. The fourth-order valence-corrected chi connectivity index (χ4v) is 1.70. The van der Waals surface area contributed by atoms with Crippen molar-refractivity contribution in [2.45, 2.75) is 6.42 Å². The molecule has 116 valence electrons. The van der Waals surface area contributed by atoms with E-state index in [0.29, 0.717) is 12.3 Å². The molecule has 0 saturated carbocycles. The molecule has 0 aliphatic carbocycles. The summed E-state index contributed by atoms with van der Waals surface area (Å²) in [6, 6.07) is 4.03. The Morgan fingerprint density at radius 1 is 1.33 bits per heavy atom. The summed E-state index contributed by atoms with van der Waals surface area (Å²) in [5, 5.41) is 14.4. The molecule has 7 nitrogen and oxygen atoms in total. The summed E-state index contributed by atoms with van der Waals surface area (Å²) >= 11 is 0. The second-order valence-electron chi connectivity index (χ2n) is 4.75. The summed E-state index contributed by atoms with van der Waals surface area (Å²) in [5.74, 6) is -0.707. The molecule has 0 aliphatic rings. The number of carbonyl (C=O) groups is 2. The molecule has 0 saturated heterocycles. The SMILES string of the molecule is COc1ccc(NC(=O)NCCCN(C)C)c(C(=O)O)c1. The minimum atomic E-state index is -1.13. The molecule has 0 fully saturated rings. The van der Waals surface area contributed by atoms with Crippen LogP contribution in [0.1, 0.15) is 16.8 Å². The Hall–Kier alpha value is -2.28. The maximum Gasteiger partial charge on any atom is 0.337 e. The van der Waals surface area contributed by atoms with E-state index in [9.17, 15) is 9.59 Å². The van der Waals surface area contributed by atoms with Crippen molar-refractivity contribution in [1.29, 1.82) is 0 Å². The van der Waals surface area contributed by atoms with Gasteiger partial charge in [-0.25, -0.2) is 9.59 Å². The van der Waals surface area contributed by atoms with Crippen LogP contribution < -0.4 is 15.4 Å². The van der Waals surface area contributed by atoms with Crippen LogP contribution in [0.2, 0.25) is 0 Å². The zero-order valence-electron chi connectivity index (χ0n) is 12.5. The van der Waals surface area contributed by atoms with Gasteiger partial charge in [0, 0.05) is 6.54 Å². The lowest BCUT2D eigenvalue weighted by molar-refractivity contribution is 0.0697. The molecule has 3 N–H and O–H groups in total. The number of carbonyl (C=O) groups excluding carboxylic acids is 1. The normalized spacial score (nSPS) is 10.3. The quantitative estimate of drug-likeness (QED) is 0.663. The van der Waals surface area contributed by atoms with E-state index in [2.05, 4.69) is 10.6 Å². The second-order valence-corrected chi connectivity index (χ2v) is 4.75. The van der Waals surface area contributed by atoms with Crippen LogP contribution in [0.15, 0.2) is 18.2 Å². The van der Waals surface area contributed by atoms with E-state index < -0.39 is 12.0 Å². The molecule has 0 spiro atoms. The Kier molecular flexibility index (Phi) is 6.48. The number of aromatic carboxylic acids is 1. The van der Waals surface area contributed by atoms with Crippen molar-refractivity contribution >= 4 is 17.7 Å². The summed E-state index contributed by atoms with van der Waals surface area (Å²) in [6.45, 7) is 1.38. The molecule has 0 radical (unpaired) electrons. The summed E-state index contributed by atoms with van der Waals surface area (Å²) in [6.07, 6.45) is 0.814. The van der Waals surface area contributed by atoms with Gasteiger partial charge in [0.1, 0.15) is 5.75 Å². The molecule has 1 rings (SSSR count). The van der Waals surface area contributed by atoms with E-state index in [4.69, 9.17) is 9.84 Å². The van der Waals surface area contributed by atoms with Crippen molar-refractivity contribution in [3.8, 4) is 5.75 Å². The Bertz CT molecular complexity index is 503. The zero-order chi connectivity index (χ0) is 15.8. The summed E-state index contributed by atoms with van der Waals surface area (Å²) in [5.41, 5.74) is 0.214. The first-order chi connectivity index (χ1) is 9.93. The van der Waals surface area contributed by atoms with Crippen molar-refractivity contribution in [2.24, 2.45) is 0 Å². The molecule has 0 aromatic heterocycles. The predicted molar refractivity (Wildman–Crippen MR) is 80.1 cm³/mol. The molecule has 0 unspecified atom stereocenters. The second kappa shape index (κ2) is 8.11. The number of carboxylic acid groups (broad SMARTS) is 1. The third-order valence-corrected chi connectivity index (χ3v) is 2.77. The van der Waals surface area contributed by atoms with Gasteiger partial charge in [-0.1, -0.05) is 0 Å².